The first-order valence-electron chi connectivity index (χ1n) is 9.63. The largest absolute Gasteiger partial charge is 0.356 e. The van der Waals surface area contributed by atoms with E-state index in [-0.39, 0.29) is 28.7 Å². The van der Waals surface area contributed by atoms with Crippen molar-refractivity contribution >= 4 is 21.8 Å². The van der Waals surface area contributed by atoms with Gasteiger partial charge in [0, 0.05) is 19.6 Å². The normalized spacial score (nSPS) is 19.0. The average molecular weight is 411 g/mol. The molecule has 8 nitrogen and oxygen atoms in total. The van der Waals surface area contributed by atoms with Crippen LogP contribution < -0.4 is 15.8 Å². The summed E-state index contributed by atoms with van der Waals surface area (Å²) in [7, 11) is -3.70. The predicted octanol–water partition coefficient (Wildman–Crippen LogP) is 0.229. The van der Waals surface area contributed by atoms with Crippen LogP contribution in [0.4, 0.5) is 0 Å². The molecule has 2 rings (SSSR count). The second-order valence-corrected chi connectivity index (χ2v) is 8.70. The fourth-order valence-electron chi connectivity index (χ4n) is 3.38. The number of piperidine rings is 1. The van der Waals surface area contributed by atoms with Gasteiger partial charge in [-0.15, -0.1) is 0 Å². The summed E-state index contributed by atoms with van der Waals surface area (Å²) in [6.45, 7) is 6.22. The topological polar surface area (TPSA) is 122 Å². The van der Waals surface area contributed by atoms with Crippen molar-refractivity contribution in [1.82, 2.24) is 15.5 Å². The van der Waals surface area contributed by atoms with E-state index in [4.69, 9.17) is 5.14 Å². The number of hydrogen-bond acceptors (Lipinski definition) is 5. The van der Waals surface area contributed by atoms with E-state index in [0.29, 0.717) is 26.1 Å². The van der Waals surface area contributed by atoms with Crippen molar-refractivity contribution in [3.05, 3.63) is 29.8 Å². The standard InChI is InChI=1S/C19H30N4O4S/c1-3-21-19(25)16-5-4-12-23(13-16)14(2)18(24)22-11-10-15-6-8-17(9-7-15)28(20,26)27/h6-9,14,16H,3-5,10-13H2,1-2H3,(H,21,25)(H,22,24)(H2,20,26,27). The quantitative estimate of drug-likeness (QED) is 0.566. The maximum Gasteiger partial charge on any atom is 0.238 e. The summed E-state index contributed by atoms with van der Waals surface area (Å²) in [4.78, 5) is 26.7. The number of nitrogens with zero attached hydrogens (tertiary/aromatic N) is 1. The minimum atomic E-state index is -3.70. The van der Waals surface area contributed by atoms with Crippen molar-refractivity contribution in [3.8, 4) is 0 Å². The number of carbonyl (C=O) groups excluding carboxylic acids is 2. The number of amides is 2. The number of benzene rings is 1. The lowest BCUT2D eigenvalue weighted by atomic mass is 9.96. The predicted molar refractivity (Wildman–Crippen MR) is 107 cm³/mol. The molecule has 2 amide bonds. The second kappa shape index (κ2) is 9.99. The molecule has 1 aliphatic heterocycles. The van der Waals surface area contributed by atoms with Crippen molar-refractivity contribution in [2.24, 2.45) is 11.1 Å². The van der Waals surface area contributed by atoms with E-state index >= 15 is 0 Å². The molecule has 2 unspecified atom stereocenters. The highest BCUT2D eigenvalue weighted by atomic mass is 32.2. The minimum Gasteiger partial charge on any atom is -0.356 e. The third-order valence-corrected chi connectivity index (χ3v) is 6.00. The van der Waals surface area contributed by atoms with E-state index in [1.807, 2.05) is 13.8 Å². The molecule has 1 saturated heterocycles. The van der Waals surface area contributed by atoms with E-state index in [2.05, 4.69) is 15.5 Å². The molecule has 9 heteroatoms. The van der Waals surface area contributed by atoms with Crippen molar-refractivity contribution in [1.29, 1.82) is 0 Å². The molecule has 0 spiro atoms. The number of nitrogens with one attached hydrogen (secondary N) is 2. The van der Waals surface area contributed by atoms with Crippen LogP contribution in [-0.4, -0.2) is 57.4 Å². The summed E-state index contributed by atoms with van der Waals surface area (Å²) in [5.41, 5.74) is 0.912. The summed E-state index contributed by atoms with van der Waals surface area (Å²) in [5.74, 6) is -0.0817. The Bertz CT molecular complexity index is 780. The van der Waals surface area contributed by atoms with Gasteiger partial charge in [-0.1, -0.05) is 12.1 Å². The van der Waals surface area contributed by atoms with Crippen molar-refractivity contribution < 1.29 is 18.0 Å². The summed E-state index contributed by atoms with van der Waals surface area (Å²) in [6, 6.07) is 6.00. The first-order chi connectivity index (χ1) is 13.2. The van der Waals surface area contributed by atoms with Crippen LogP contribution in [0, 0.1) is 5.92 Å². The van der Waals surface area contributed by atoms with Gasteiger partial charge in [0.1, 0.15) is 0 Å². The average Bonchev–Trinajstić information content (AvgIpc) is 2.67. The third kappa shape index (κ3) is 6.29. The van der Waals surface area contributed by atoms with Gasteiger partial charge >= 0.3 is 0 Å². The van der Waals surface area contributed by atoms with Crippen LogP contribution in [0.25, 0.3) is 0 Å². The molecular formula is C19H30N4O4S. The van der Waals surface area contributed by atoms with Gasteiger partial charge in [-0.2, -0.15) is 0 Å². The van der Waals surface area contributed by atoms with E-state index in [9.17, 15) is 18.0 Å². The number of rotatable bonds is 8. The van der Waals surface area contributed by atoms with Crippen LogP contribution >= 0.6 is 0 Å². The van der Waals surface area contributed by atoms with Gasteiger partial charge in [-0.25, -0.2) is 13.6 Å². The number of carbonyl (C=O) groups is 2. The zero-order chi connectivity index (χ0) is 20.7. The van der Waals surface area contributed by atoms with Gasteiger partial charge in [-0.3, -0.25) is 14.5 Å². The third-order valence-electron chi connectivity index (χ3n) is 5.07. The summed E-state index contributed by atoms with van der Waals surface area (Å²) in [6.07, 6.45) is 2.34. The Labute approximate surface area is 166 Å². The number of sulfonamides is 1. The molecule has 156 valence electrons. The SMILES string of the molecule is CCNC(=O)C1CCCN(C(C)C(=O)NCCc2ccc(S(N)(=O)=O)cc2)C1. The minimum absolute atomic E-state index is 0.0581. The first kappa shape index (κ1) is 22.3. The number of likely N-dealkylation sites (tertiary alicyclic amines) is 1. The molecular weight excluding hydrogens is 380 g/mol. The molecule has 1 aliphatic rings. The Morgan fingerprint density at radius 2 is 1.93 bits per heavy atom. The summed E-state index contributed by atoms with van der Waals surface area (Å²) in [5, 5.41) is 10.9. The summed E-state index contributed by atoms with van der Waals surface area (Å²) < 4.78 is 22.5. The highest BCUT2D eigenvalue weighted by molar-refractivity contribution is 7.89. The summed E-state index contributed by atoms with van der Waals surface area (Å²) >= 11 is 0. The molecule has 1 heterocycles. The zero-order valence-electron chi connectivity index (χ0n) is 16.5. The fourth-order valence-corrected chi connectivity index (χ4v) is 3.90. The number of hydrogen-bond donors (Lipinski definition) is 3. The van der Waals surface area contributed by atoms with Crippen LogP contribution in [0.2, 0.25) is 0 Å². The second-order valence-electron chi connectivity index (χ2n) is 7.13. The van der Waals surface area contributed by atoms with Gasteiger partial charge in [0.25, 0.3) is 0 Å². The van der Waals surface area contributed by atoms with E-state index in [1.165, 1.54) is 12.1 Å². The van der Waals surface area contributed by atoms with Crippen LogP contribution in [0.3, 0.4) is 0 Å². The van der Waals surface area contributed by atoms with Crippen LogP contribution in [0.1, 0.15) is 32.3 Å². The zero-order valence-corrected chi connectivity index (χ0v) is 17.3. The first-order valence-corrected chi connectivity index (χ1v) is 11.2. The van der Waals surface area contributed by atoms with Crippen LogP contribution in [0.15, 0.2) is 29.2 Å². The lowest BCUT2D eigenvalue weighted by Crippen LogP contribution is -2.51. The molecule has 1 aromatic rings. The van der Waals surface area contributed by atoms with Crippen LogP contribution in [0.5, 0.6) is 0 Å². The molecule has 28 heavy (non-hydrogen) atoms. The Hall–Kier alpha value is -1.97. The highest BCUT2D eigenvalue weighted by Crippen LogP contribution is 2.19. The fraction of sp³-hybridized carbons (Fsp3) is 0.579. The Morgan fingerprint density at radius 3 is 2.54 bits per heavy atom. The maximum absolute atomic E-state index is 12.5. The molecule has 0 aliphatic carbocycles. The molecule has 1 aromatic carbocycles. The molecule has 0 aromatic heterocycles. The van der Waals surface area contributed by atoms with Gasteiger partial charge in [0.2, 0.25) is 21.8 Å². The van der Waals surface area contributed by atoms with Gasteiger partial charge in [-0.05, 0) is 57.4 Å². The monoisotopic (exact) mass is 410 g/mol. The molecule has 0 bridgehead atoms. The Kier molecular flexibility index (Phi) is 7.97. The molecule has 1 fully saturated rings. The number of primary sulfonamides is 1. The Morgan fingerprint density at radius 1 is 1.25 bits per heavy atom. The molecule has 4 N–H and O–H groups in total. The van der Waals surface area contributed by atoms with Crippen molar-refractivity contribution in [2.75, 3.05) is 26.2 Å². The smallest absolute Gasteiger partial charge is 0.238 e. The van der Waals surface area contributed by atoms with Gasteiger partial charge < -0.3 is 10.6 Å². The van der Waals surface area contributed by atoms with Gasteiger partial charge in [0.15, 0.2) is 0 Å². The van der Waals surface area contributed by atoms with Crippen LogP contribution in [-0.2, 0) is 26.0 Å². The van der Waals surface area contributed by atoms with E-state index in [0.717, 1.165) is 24.9 Å². The van der Waals surface area contributed by atoms with E-state index in [1.54, 1.807) is 12.1 Å². The van der Waals surface area contributed by atoms with Crippen molar-refractivity contribution in [3.63, 3.8) is 0 Å². The van der Waals surface area contributed by atoms with Crippen molar-refractivity contribution in [2.45, 2.75) is 44.0 Å². The Balaban J connectivity index is 1.81. The molecule has 2 atom stereocenters. The van der Waals surface area contributed by atoms with E-state index < -0.39 is 10.0 Å². The molecule has 0 radical (unpaired) electrons. The van der Waals surface area contributed by atoms with Gasteiger partial charge in [0.05, 0.1) is 16.9 Å². The highest BCUT2D eigenvalue weighted by Gasteiger charge is 2.30. The maximum atomic E-state index is 12.5. The lowest BCUT2D eigenvalue weighted by Gasteiger charge is -2.35. The molecule has 0 saturated carbocycles. The lowest BCUT2D eigenvalue weighted by molar-refractivity contribution is -0.131. The number of nitrogens with two attached hydrogens (primary N) is 1.